The summed E-state index contributed by atoms with van der Waals surface area (Å²) in [7, 11) is -3.97. The average molecular weight is 397 g/mol. The van der Waals surface area contributed by atoms with Gasteiger partial charge in [0.05, 0.1) is 23.7 Å². The summed E-state index contributed by atoms with van der Waals surface area (Å²) < 4.78 is 54.3. The Labute approximate surface area is 154 Å². The van der Waals surface area contributed by atoms with E-state index in [4.69, 9.17) is 0 Å². The van der Waals surface area contributed by atoms with Crippen molar-refractivity contribution in [2.45, 2.75) is 30.3 Å². The summed E-state index contributed by atoms with van der Waals surface area (Å²) in [6.45, 7) is 1.35. The van der Waals surface area contributed by atoms with E-state index in [-0.39, 0.29) is 25.0 Å². The lowest BCUT2D eigenvalue weighted by Gasteiger charge is -2.37. The number of halogens is 2. The van der Waals surface area contributed by atoms with E-state index in [1.807, 2.05) is 0 Å². The second kappa shape index (κ2) is 6.64. The van der Waals surface area contributed by atoms with Gasteiger partial charge in [0.15, 0.2) is 0 Å². The van der Waals surface area contributed by atoms with Crippen molar-refractivity contribution in [1.29, 1.82) is 0 Å². The molecule has 0 saturated carbocycles. The molecule has 8 nitrogen and oxygen atoms in total. The Balaban J connectivity index is 1.41. The number of hydrogen-bond donors (Lipinski definition) is 0. The number of sulfonamides is 1. The van der Waals surface area contributed by atoms with Crippen LogP contribution in [-0.4, -0.2) is 58.2 Å². The van der Waals surface area contributed by atoms with Crippen molar-refractivity contribution in [2.24, 2.45) is 0 Å². The molecule has 3 heterocycles. The van der Waals surface area contributed by atoms with Gasteiger partial charge in [-0.15, -0.1) is 5.10 Å². The summed E-state index contributed by atoms with van der Waals surface area (Å²) in [5.41, 5.74) is 0.638. The molecular formula is C16H17F2N5O3S. The molecule has 0 unspecified atom stereocenters. The Morgan fingerprint density at radius 3 is 2.48 bits per heavy atom. The van der Waals surface area contributed by atoms with Crippen LogP contribution in [0.15, 0.2) is 29.3 Å². The first-order chi connectivity index (χ1) is 12.8. The zero-order valence-electron chi connectivity index (χ0n) is 14.3. The van der Waals surface area contributed by atoms with Crippen LogP contribution < -0.4 is 0 Å². The number of benzene rings is 1. The van der Waals surface area contributed by atoms with Gasteiger partial charge in [-0.1, -0.05) is 5.21 Å². The third-order valence-electron chi connectivity index (χ3n) is 4.76. The highest BCUT2D eigenvalue weighted by molar-refractivity contribution is 7.89. The molecule has 0 bridgehead atoms. The third-order valence-corrected chi connectivity index (χ3v) is 6.57. The van der Waals surface area contributed by atoms with Gasteiger partial charge in [-0.3, -0.25) is 4.79 Å². The van der Waals surface area contributed by atoms with Gasteiger partial charge in [0, 0.05) is 32.1 Å². The van der Waals surface area contributed by atoms with Crippen molar-refractivity contribution in [3.8, 4) is 0 Å². The van der Waals surface area contributed by atoms with Crippen LogP contribution in [0.25, 0.3) is 0 Å². The lowest BCUT2D eigenvalue weighted by atomic mass is 10.2. The fourth-order valence-corrected chi connectivity index (χ4v) is 4.80. The van der Waals surface area contributed by atoms with E-state index in [2.05, 4.69) is 10.3 Å². The van der Waals surface area contributed by atoms with Crippen molar-refractivity contribution in [3.63, 3.8) is 0 Å². The fraction of sp³-hybridized carbons (Fsp3) is 0.438. The van der Waals surface area contributed by atoms with Gasteiger partial charge < -0.3 is 4.90 Å². The number of aromatic nitrogens is 3. The fourth-order valence-electron chi connectivity index (χ4n) is 3.24. The summed E-state index contributed by atoms with van der Waals surface area (Å²) in [6.07, 6.45) is 3.08. The summed E-state index contributed by atoms with van der Waals surface area (Å²) in [5.74, 6) is -1.79. The maximum absolute atomic E-state index is 13.3. The standard InChI is InChI=1S/C16H17F2N5O3S/c17-11-4-12(18)6-15(5-11)27(25,26)22-9-14(10-22)23-8-13(19-20-23)7-21-3-1-2-16(21)24/h4-6,8,14H,1-3,7,9-10H2. The van der Waals surface area contributed by atoms with Gasteiger partial charge in [0.1, 0.15) is 17.3 Å². The smallest absolute Gasteiger partial charge is 0.243 e. The molecule has 1 amide bonds. The van der Waals surface area contributed by atoms with Crippen LogP contribution in [0.5, 0.6) is 0 Å². The number of hydrogen-bond acceptors (Lipinski definition) is 5. The molecule has 0 radical (unpaired) electrons. The molecule has 144 valence electrons. The number of nitrogens with zero attached hydrogens (tertiary/aromatic N) is 5. The first-order valence-electron chi connectivity index (χ1n) is 8.47. The van der Waals surface area contributed by atoms with Crippen LogP contribution in [0.3, 0.4) is 0 Å². The third kappa shape index (κ3) is 3.44. The molecule has 27 heavy (non-hydrogen) atoms. The van der Waals surface area contributed by atoms with Crippen LogP contribution in [0, 0.1) is 11.6 Å². The maximum atomic E-state index is 13.3. The van der Waals surface area contributed by atoms with E-state index in [1.165, 1.54) is 0 Å². The van der Waals surface area contributed by atoms with Crippen molar-refractivity contribution >= 4 is 15.9 Å². The number of amides is 1. The molecule has 1 aromatic carbocycles. The predicted octanol–water partition coefficient (Wildman–Crippen LogP) is 0.924. The van der Waals surface area contributed by atoms with E-state index in [0.29, 0.717) is 31.3 Å². The minimum atomic E-state index is -3.97. The molecule has 0 aliphatic carbocycles. The summed E-state index contributed by atoms with van der Waals surface area (Å²) >= 11 is 0. The molecule has 0 spiro atoms. The molecular weight excluding hydrogens is 380 g/mol. The van der Waals surface area contributed by atoms with Gasteiger partial charge in [-0.25, -0.2) is 21.9 Å². The molecule has 2 aliphatic rings. The number of carbonyl (C=O) groups is 1. The van der Waals surface area contributed by atoms with Crippen molar-refractivity contribution < 1.29 is 22.0 Å². The maximum Gasteiger partial charge on any atom is 0.243 e. The van der Waals surface area contributed by atoms with E-state index in [9.17, 15) is 22.0 Å². The normalized spacial score (nSPS) is 18.9. The highest BCUT2D eigenvalue weighted by Crippen LogP contribution is 2.28. The molecule has 11 heteroatoms. The second-order valence-electron chi connectivity index (χ2n) is 6.69. The molecule has 2 aromatic rings. The Morgan fingerprint density at radius 2 is 1.85 bits per heavy atom. The first-order valence-corrected chi connectivity index (χ1v) is 9.92. The molecule has 2 saturated heterocycles. The quantitative estimate of drug-likeness (QED) is 0.749. The van der Waals surface area contributed by atoms with Crippen LogP contribution in [-0.2, 0) is 21.4 Å². The van der Waals surface area contributed by atoms with Crippen molar-refractivity contribution in [3.05, 3.63) is 41.7 Å². The Kier molecular flexibility index (Phi) is 4.42. The van der Waals surface area contributed by atoms with Crippen molar-refractivity contribution in [1.82, 2.24) is 24.2 Å². The molecule has 2 fully saturated rings. The number of rotatable bonds is 5. The summed E-state index contributed by atoms with van der Waals surface area (Å²) in [6, 6.07) is 2.01. The van der Waals surface area contributed by atoms with E-state index < -0.39 is 26.6 Å². The molecule has 2 aliphatic heterocycles. The van der Waals surface area contributed by atoms with Gasteiger partial charge in [-0.05, 0) is 18.6 Å². The average Bonchev–Trinajstić information content (AvgIpc) is 3.15. The minimum Gasteiger partial charge on any atom is -0.337 e. The summed E-state index contributed by atoms with van der Waals surface area (Å²) in [5, 5.41) is 8.05. The van der Waals surface area contributed by atoms with Gasteiger partial charge in [0.2, 0.25) is 15.9 Å². The first kappa shape index (κ1) is 18.0. The Morgan fingerprint density at radius 1 is 1.15 bits per heavy atom. The van der Waals surface area contributed by atoms with Gasteiger partial charge in [-0.2, -0.15) is 4.31 Å². The molecule has 0 N–H and O–H groups in total. The van der Waals surface area contributed by atoms with E-state index in [1.54, 1.807) is 15.8 Å². The molecule has 0 atom stereocenters. The highest BCUT2D eigenvalue weighted by Gasteiger charge is 2.38. The lowest BCUT2D eigenvalue weighted by molar-refractivity contribution is -0.128. The van der Waals surface area contributed by atoms with Gasteiger partial charge >= 0.3 is 0 Å². The second-order valence-corrected chi connectivity index (χ2v) is 8.63. The van der Waals surface area contributed by atoms with E-state index >= 15 is 0 Å². The zero-order valence-corrected chi connectivity index (χ0v) is 15.1. The lowest BCUT2D eigenvalue weighted by Crippen LogP contribution is -2.50. The topological polar surface area (TPSA) is 88.4 Å². The van der Waals surface area contributed by atoms with Crippen molar-refractivity contribution in [2.75, 3.05) is 19.6 Å². The molecule has 1 aromatic heterocycles. The predicted molar refractivity (Wildman–Crippen MR) is 88.8 cm³/mol. The molecule has 4 rings (SSSR count). The van der Waals surface area contributed by atoms with Crippen LogP contribution in [0.4, 0.5) is 8.78 Å². The van der Waals surface area contributed by atoms with Crippen LogP contribution >= 0.6 is 0 Å². The number of carbonyl (C=O) groups excluding carboxylic acids is 1. The highest BCUT2D eigenvalue weighted by atomic mass is 32.2. The van der Waals surface area contributed by atoms with Crippen LogP contribution in [0.2, 0.25) is 0 Å². The largest absolute Gasteiger partial charge is 0.337 e. The van der Waals surface area contributed by atoms with E-state index in [0.717, 1.165) is 22.9 Å². The Bertz CT molecular complexity index is 967. The summed E-state index contributed by atoms with van der Waals surface area (Å²) in [4.78, 5) is 13.0. The van der Waals surface area contributed by atoms with Gasteiger partial charge in [0.25, 0.3) is 0 Å². The zero-order chi connectivity index (χ0) is 19.2. The minimum absolute atomic E-state index is 0.0905. The Hall–Kier alpha value is -2.40. The number of likely N-dealkylation sites (tertiary alicyclic amines) is 1. The SMILES string of the molecule is O=C1CCCN1Cc1cn(C2CN(S(=O)(=O)c3cc(F)cc(F)c3)C2)nn1. The monoisotopic (exact) mass is 397 g/mol. The van der Waals surface area contributed by atoms with Crippen LogP contribution in [0.1, 0.15) is 24.6 Å².